The summed E-state index contributed by atoms with van der Waals surface area (Å²) in [6, 6.07) is 0.112. The highest BCUT2D eigenvalue weighted by atomic mass is 16.2. The Bertz CT molecular complexity index is 451. The van der Waals surface area contributed by atoms with Gasteiger partial charge in [-0.1, -0.05) is 0 Å². The van der Waals surface area contributed by atoms with Crippen molar-refractivity contribution in [1.29, 1.82) is 0 Å². The molecule has 20 heavy (non-hydrogen) atoms. The fourth-order valence-electron chi connectivity index (χ4n) is 1.74. The Morgan fingerprint density at radius 3 is 2.50 bits per heavy atom. The summed E-state index contributed by atoms with van der Waals surface area (Å²) in [6.45, 7) is 9.42. The quantitative estimate of drug-likeness (QED) is 0.803. The monoisotopic (exact) mass is 281 g/mol. The zero-order valence-electron chi connectivity index (χ0n) is 12.6. The van der Waals surface area contributed by atoms with Gasteiger partial charge in [0.05, 0.1) is 12.2 Å². The van der Waals surface area contributed by atoms with Crippen LogP contribution in [0, 0.1) is 0 Å². The molecule has 2 amide bonds. The van der Waals surface area contributed by atoms with E-state index in [1.807, 2.05) is 27.7 Å². The molecule has 0 fully saturated rings. The van der Waals surface area contributed by atoms with Crippen LogP contribution in [0.3, 0.4) is 0 Å². The minimum Gasteiger partial charge on any atom is -0.350 e. The summed E-state index contributed by atoms with van der Waals surface area (Å²) in [5.41, 5.74) is 0.272. The van der Waals surface area contributed by atoms with E-state index >= 15 is 0 Å². The van der Waals surface area contributed by atoms with Gasteiger partial charge < -0.3 is 10.2 Å². The molecule has 7 nitrogen and oxygen atoms in total. The van der Waals surface area contributed by atoms with Crippen LogP contribution in [0.1, 0.15) is 50.6 Å². The second-order valence-electron chi connectivity index (χ2n) is 4.72. The first kappa shape index (κ1) is 16.1. The third-order valence-electron chi connectivity index (χ3n) is 2.94. The van der Waals surface area contributed by atoms with Crippen molar-refractivity contribution in [2.24, 2.45) is 0 Å². The zero-order valence-corrected chi connectivity index (χ0v) is 12.6. The number of carbonyl (C=O) groups is 2. The summed E-state index contributed by atoms with van der Waals surface area (Å²) in [4.78, 5) is 26.8. The summed E-state index contributed by atoms with van der Waals surface area (Å²) in [7, 11) is 0. The number of rotatable bonds is 7. The van der Waals surface area contributed by atoms with Gasteiger partial charge in [0.2, 0.25) is 5.91 Å². The molecule has 0 spiro atoms. The van der Waals surface area contributed by atoms with Crippen LogP contribution >= 0.6 is 0 Å². The van der Waals surface area contributed by atoms with Crippen LogP contribution in [-0.2, 0) is 4.79 Å². The second-order valence-corrected chi connectivity index (χ2v) is 4.72. The highest BCUT2D eigenvalue weighted by molar-refractivity contribution is 5.92. The lowest BCUT2D eigenvalue weighted by Gasteiger charge is -2.18. The lowest BCUT2D eigenvalue weighted by molar-refractivity contribution is -0.130. The van der Waals surface area contributed by atoms with Gasteiger partial charge in [-0.05, 0) is 27.7 Å². The number of nitrogens with zero attached hydrogens (tertiary/aromatic N) is 4. The number of aromatic nitrogens is 3. The highest BCUT2D eigenvalue weighted by Gasteiger charge is 2.13. The Kier molecular flexibility index (Phi) is 6.14. The smallest absolute Gasteiger partial charge is 0.273 e. The van der Waals surface area contributed by atoms with Crippen LogP contribution in [0.2, 0.25) is 0 Å². The number of hydrogen-bond acceptors (Lipinski definition) is 4. The number of carbonyl (C=O) groups excluding carboxylic acids is 2. The van der Waals surface area contributed by atoms with Crippen molar-refractivity contribution in [3.05, 3.63) is 11.9 Å². The molecule has 1 N–H and O–H groups in total. The van der Waals surface area contributed by atoms with Crippen molar-refractivity contribution in [3.8, 4) is 0 Å². The third kappa shape index (κ3) is 4.32. The lowest BCUT2D eigenvalue weighted by atomic mass is 10.3. The van der Waals surface area contributed by atoms with E-state index < -0.39 is 0 Å². The maximum absolute atomic E-state index is 11.8. The molecule has 1 heterocycles. The van der Waals surface area contributed by atoms with Gasteiger partial charge in [0.1, 0.15) is 0 Å². The molecule has 0 atom stereocenters. The van der Waals surface area contributed by atoms with Crippen LogP contribution in [0.4, 0.5) is 0 Å². The largest absolute Gasteiger partial charge is 0.350 e. The van der Waals surface area contributed by atoms with Gasteiger partial charge in [-0.15, -0.1) is 5.10 Å². The summed E-state index contributed by atoms with van der Waals surface area (Å²) >= 11 is 0. The van der Waals surface area contributed by atoms with E-state index in [0.29, 0.717) is 26.1 Å². The molecule has 0 aromatic carbocycles. The van der Waals surface area contributed by atoms with Crippen LogP contribution in [0.5, 0.6) is 0 Å². The van der Waals surface area contributed by atoms with E-state index in [9.17, 15) is 9.59 Å². The molecule has 0 saturated carbocycles. The number of hydrogen-bond donors (Lipinski definition) is 1. The minimum absolute atomic E-state index is 0.0427. The predicted octanol–water partition coefficient (Wildman–Crippen LogP) is 0.847. The minimum atomic E-state index is -0.302. The molecular weight excluding hydrogens is 258 g/mol. The molecule has 112 valence electrons. The molecule has 1 aromatic heterocycles. The Hall–Kier alpha value is -1.92. The molecule has 0 radical (unpaired) electrons. The molecule has 0 aliphatic rings. The van der Waals surface area contributed by atoms with Gasteiger partial charge >= 0.3 is 0 Å². The van der Waals surface area contributed by atoms with Gasteiger partial charge in [-0.2, -0.15) is 9.90 Å². The molecule has 0 bridgehead atoms. The van der Waals surface area contributed by atoms with Crippen molar-refractivity contribution in [2.75, 3.05) is 19.6 Å². The van der Waals surface area contributed by atoms with Gasteiger partial charge in [0, 0.05) is 26.1 Å². The summed E-state index contributed by atoms with van der Waals surface area (Å²) in [5.74, 6) is -0.259. The summed E-state index contributed by atoms with van der Waals surface area (Å²) in [6.07, 6.45) is 1.73. The number of nitrogens with one attached hydrogen (secondary N) is 1. The van der Waals surface area contributed by atoms with Crippen molar-refractivity contribution >= 4 is 11.8 Å². The van der Waals surface area contributed by atoms with Crippen molar-refractivity contribution in [2.45, 2.75) is 40.2 Å². The molecule has 0 aliphatic carbocycles. The normalized spacial score (nSPS) is 10.7. The molecule has 1 rings (SSSR count). The fourth-order valence-corrected chi connectivity index (χ4v) is 1.74. The standard InChI is InChI=1S/C13H23N5O2/c1-5-17(6-2)12(19)7-8-14-13(20)11-9-15-18(16-11)10(3)4/h9-10H,5-8H2,1-4H3,(H,14,20). The molecule has 1 aromatic rings. The Morgan fingerprint density at radius 1 is 1.35 bits per heavy atom. The molecule has 0 aliphatic heterocycles. The lowest BCUT2D eigenvalue weighted by Crippen LogP contribution is -2.34. The highest BCUT2D eigenvalue weighted by Crippen LogP contribution is 2.00. The van der Waals surface area contributed by atoms with Crippen LogP contribution in [-0.4, -0.2) is 51.3 Å². The topological polar surface area (TPSA) is 80.1 Å². The van der Waals surface area contributed by atoms with E-state index in [4.69, 9.17) is 0 Å². The average molecular weight is 281 g/mol. The van der Waals surface area contributed by atoms with Crippen molar-refractivity contribution in [1.82, 2.24) is 25.2 Å². The Morgan fingerprint density at radius 2 is 2.00 bits per heavy atom. The Labute approximate surface area is 119 Å². The van der Waals surface area contributed by atoms with Gasteiger partial charge in [-0.25, -0.2) is 0 Å². The van der Waals surface area contributed by atoms with Crippen LogP contribution < -0.4 is 5.32 Å². The van der Waals surface area contributed by atoms with Crippen LogP contribution in [0.25, 0.3) is 0 Å². The Balaban J connectivity index is 2.41. The van der Waals surface area contributed by atoms with Gasteiger partial charge in [0.15, 0.2) is 5.69 Å². The van der Waals surface area contributed by atoms with E-state index in [-0.39, 0.29) is 23.6 Å². The molecular formula is C13H23N5O2. The fraction of sp³-hybridized carbons (Fsp3) is 0.692. The van der Waals surface area contributed by atoms with E-state index in [0.717, 1.165) is 0 Å². The van der Waals surface area contributed by atoms with E-state index in [1.165, 1.54) is 11.0 Å². The SMILES string of the molecule is CCN(CC)C(=O)CCNC(=O)c1cnn(C(C)C)n1. The van der Waals surface area contributed by atoms with E-state index in [2.05, 4.69) is 15.5 Å². The predicted molar refractivity (Wildman–Crippen MR) is 75.3 cm³/mol. The van der Waals surface area contributed by atoms with Gasteiger partial charge in [0.25, 0.3) is 5.91 Å². The van der Waals surface area contributed by atoms with Crippen molar-refractivity contribution < 1.29 is 9.59 Å². The molecule has 0 unspecified atom stereocenters. The maximum atomic E-state index is 11.8. The first-order valence-corrected chi connectivity index (χ1v) is 6.97. The maximum Gasteiger partial charge on any atom is 0.273 e. The summed E-state index contributed by atoms with van der Waals surface area (Å²) in [5, 5.41) is 10.8. The molecule has 0 saturated heterocycles. The van der Waals surface area contributed by atoms with Gasteiger partial charge in [-0.3, -0.25) is 9.59 Å². The average Bonchev–Trinajstić information content (AvgIpc) is 2.89. The third-order valence-corrected chi connectivity index (χ3v) is 2.94. The summed E-state index contributed by atoms with van der Waals surface area (Å²) < 4.78 is 0. The van der Waals surface area contributed by atoms with Crippen LogP contribution in [0.15, 0.2) is 6.20 Å². The zero-order chi connectivity index (χ0) is 15.1. The molecule has 7 heteroatoms. The van der Waals surface area contributed by atoms with E-state index in [1.54, 1.807) is 4.90 Å². The first-order chi connectivity index (χ1) is 9.49. The number of amides is 2. The second kappa shape index (κ2) is 7.62. The first-order valence-electron chi connectivity index (χ1n) is 6.97. The van der Waals surface area contributed by atoms with Crippen molar-refractivity contribution in [3.63, 3.8) is 0 Å².